The molecule has 3 rings (SSSR count). The summed E-state index contributed by atoms with van der Waals surface area (Å²) >= 11 is 6.04. The monoisotopic (exact) mass is 387 g/mol. The van der Waals surface area contributed by atoms with Crippen molar-refractivity contribution in [3.8, 4) is 5.75 Å². The van der Waals surface area contributed by atoms with Gasteiger partial charge in [0.2, 0.25) is 0 Å². The summed E-state index contributed by atoms with van der Waals surface area (Å²) in [5.74, 6) is 0.0141. The smallest absolute Gasteiger partial charge is 0.264 e. The first-order valence-corrected chi connectivity index (χ1v) is 9.22. The number of aryl methyl sites for hydroxylation is 1. The molecule has 0 aliphatic carbocycles. The number of aliphatic hydroxyl groups is 1. The Morgan fingerprint density at radius 1 is 1.22 bits per heavy atom. The lowest BCUT2D eigenvalue weighted by Crippen LogP contribution is -2.42. The van der Waals surface area contributed by atoms with Gasteiger partial charge in [0.05, 0.1) is 12.3 Å². The first kappa shape index (κ1) is 19.4. The van der Waals surface area contributed by atoms with Gasteiger partial charge in [-0.3, -0.25) is 9.59 Å². The lowest BCUT2D eigenvalue weighted by molar-refractivity contribution is -0.141. The normalized spacial score (nSPS) is 18.5. The molecule has 1 amide bonds. The molecule has 1 atom stereocenters. The summed E-state index contributed by atoms with van der Waals surface area (Å²) < 4.78 is 5.70. The number of nitrogens with zero attached hydrogens (tertiary/aromatic N) is 1. The Bertz CT molecular complexity index is 865. The summed E-state index contributed by atoms with van der Waals surface area (Å²) in [4.78, 5) is 26.0. The van der Waals surface area contributed by atoms with Crippen molar-refractivity contribution in [2.45, 2.75) is 32.3 Å². The summed E-state index contributed by atoms with van der Waals surface area (Å²) in [6, 6.07) is 12.7. The molecule has 0 saturated carbocycles. The van der Waals surface area contributed by atoms with Gasteiger partial charge in [0, 0.05) is 23.6 Å². The van der Waals surface area contributed by atoms with Gasteiger partial charge in [0.25, 0.3) is 5.91 Å². The topological polar surface area (TPSA) is 66.8 Å². The number of rotatable bonds is 7. The Balaban J connectivity index is 1.71. The third-order valence-corrected chi connectivity index (χ3v) is 4.85. The second-order valence-electron chi connectivity index (χ2n) is 6.87. The molecule has 0 aromatic heterocycles. The quantitative estimate of drug-likeness (QED) is 0.737. The number of carbonyl (C=O) groups is 2. The number of carbonyl (C=O) groups excluding carboxylic acids is 2. The average molecular weight is 388 g/mol. The Morgan fingerprint density at radius 3 is 2.59 bits per heavy atom. The molecule has 5 nitrogen and oxygen atoms in total. The van der Waals surface area contributed by atoms with Crippen LogP contribution in [-0.4, -0.2) is 29.9 Å². The molecule has 1 heterocycles. The fourth-order valence-corrected chi connectivity index (χ4v) is 3.50. The van der Waals surface area contributed by atoms with Crippen molar-refractivity contribution < 1.29 is 19.4 Å². The molecule has 0 fully saturated rings. The number of amides is 1. The predicted molar refractivity (Wildman–Crippen MR) is 104 cm³/mol. The average Bonchev–Trinajstić information content (AvgIpc) is 2.81. The molecule has 6 heteroatoms. The number of ether oxygens (including phenoxy) is 1. The predicted octanol–water partition coefficient (Wildman–Crippen LogP) is 3.63. The van der Waals surface area contributed by atoms with Crippen molar-refractivity contribution in [1.29, 1.82) is 0 Å². The number of halogens is 1. The minimum absolute atomic E-state index is 0.263. The minimum Gasteiger partial charge on any atom is -0.494 e. The highest BCUT2D eigenvalue weighted by Crippen LogP contribution is 2.43. The van der Waals surface area contributed by atoms with E-state index >= 15 is 0 Å². The second-order valence-corrected chi connectivity index (χ2v) is 7.31. The van der Waals surface area contributed by atoms with E-state index in [2.05, 4.69) is 0 Å². The number of hydrogen-bond donors (Lipinski definition) is 1. The third-order valence-electron chi connectivity index (χ3n) is 4.61. The summed E-state index contributed by atoms with van der Waals surface area (Å²) in [6.45, 7) is 4.17. The van der Waals surface area contributed by atoms with Crippen LogP contribution >= 0.6 is 11.6 Å². The van der Waals surface area contributed by atoms with Gasteiger partial charge in [-0.1, -0.05) is 29.3 Å². The van der Waals surface area contributed by atoms with Crippen molar-refractivity contribution in [3.05, 3.63) is 58.6 Å². The van der Waals surface area contributed by atoms with Crippen LogP contribution in [0.1, 0.15) is 30.9 Å². The van der Waals surface area contributed by atoms with Crippen molar-refractivity contribution in [2.24, 2.45) is 0 Å². The number of hydrogen-bond acceptors (Lipinski definition) is 4. The molecule has 2 aromatic rings. The lowest BCUT2D eigenvalue weighted by atomic mass is 9.90. The molecule has 142 valence electrons. The zero-order valence-electron chi connectivity index (χ0n) is 15.4. The molecule has 1 unspecified atom stereocenters. The molecule has 1 N–H and O–H groups in total. The van der Waals surface area contributed by atoms with Crippen LogP contribution in [0.3, 0.4) is 0 Å². The number of Topliss-reactive ketones (excluding diaryl/α,β-unsaturated/α-hetero) is 1. The van der Waals surface area contributed by atoms with E-state index in [4.69, 9.17) is 16.3 Å². The molecule has 1 aliphatic rings. The van der Waals surface area contributed by atoms with Crippen molar-refractivity contribution in [2.75, 3.05) is 18.1 Å². The second kappa shape index (κ2) is 7.71. The van der Waals surface area contributed by atoms with Gasteiger partial charge >= 0.3 is 0 Å². The molecule has 2 aromatic carbocycles. The largest absolute Gasteiger partial charge is 0.494 e. The van der Waals surface area contributed by atoms with Crippen LogP contribution in [0.15, 0.2) is 42.5 Å². The Labute approximate surface area is 163 Å². The van der Waals surface area contributed by atoms with Gasteiger partial charge in [0.15, 0.2) is 5.60 Å². The molecule has 0 radical (unpaired) electrons. The van der Waals surface area contributed by atoms with Crippen LogP contribution in [0, 0.1) is 6.92 Å². The van der Waals surface area contributed by atoms with Gasteiger partial charge in [-0.05, 0) is 50.6 Å². The zero-order chi connectivity index (χ0) is 19.6. The van der Waals surface area contributed by atoms with Gasteiger partial charge in [-0.25, -0.2) is 0 Å². The standard InChI is InChI=1S/C21H22ClNO4/c1-14-4-7-17(8-5-14)27-11-3-10-23-19-9-6-16(22)12-18(19)21(26,20(23)25)13-15(2)24/h4-9,12,26H,3,10-11,13H2,1-2H3. The highest BCUT2D eigenvalue weighted by atomic mass is 35.5. The van der Waals surface area contributed by atoms with E-state index in [1.165, 1.54) is 11.8 Å². The van der Waals surface area contributed by atoms with E-state index in [-0.39, 0.29) is 12.2 Å². The summed E-state index contributed by atoms with van der Waals surface area (Å²) in [7, 11) is 0. The van der Waals surface area contributed by atoms with Crippen molar-refractivity contribution in [3.63, 3.8) is 0 Å². The van der Waals surface area contributed by atoms with Crippen LogP contribution in [0.5, 0.6) is 5.75 Å². The maximum absolute atomic E-state index is 12.9. The number of ketones is 1. The van der Waals surface area contributed by atoms with E-state index < -0.39 is 11.5 Å². The summed E-state index contributed by atoms with van der Waals surface area (Å²) in [5.41, 5.74) is 0.271. The molecular weight excluding hydrogens is 366 g/mol. The molecule has 0 saturated heterocycles. The van der Waals surface area contributed by atoms with E-state index in [1.54, 1.807) is 18.2 Å². The number of anilines is 1. The maximum atomic E-state index is 12.9. The summed E-state index contributed by atoms with van der Waals surface area (Å²) in [6.07, 6.45) is 0.313. The lowest BCUT2D eigenvalue weighted by Gasteiger charge is -2.22. The Hall–Kier alpha value is -2.37. The van der Waals surface area contributed by atoms with Gasteiger partial charge in [-0.2, -0.15) is 0 Å². The highest BCUT2D eigenvalue weighted by Gasteiger charge is 2.50. The number of fused-ring (bicyclic) bond motifs is 1. The van der Waals surface area contributed by atoms with Gasteiger partial charge in [0.1, 0.15) is 11.5 Å². The fraction of sp³-hybridized carbons (Fsp3) is 0.333. The van der Waals surface area contributed by atoms with Crippen LogP contribution in [-0.2, 0) is 15.2 Å². The zero-order valence-corrected chi connectivity index (χ0v) is 16.1. The van der Waals surface area contributed by atoms with Crippen LogP contribution in [0.25, 0.3) is 0 Å². The van der Waals surface area contributed by atoms with E-state index in [9.17, 15) is 14.7 Å². The first-order valence-electron chi connectivity index (χ1n) is 8.84. The molecule has 1 aliphatic heterocycles. The van der Waals surface area contributed by atoms with Crippen LogP contribution in [0.2, 0.25) is 5.02 Å². The fourth-order valence-electron chi connectivity index (χ4n) is 3.32. The highest BCUT2D eigenvalue weighted by molar-refractivity contribution is 6.31. The molecule has 0 bridgehead atoms. The van der Waals surface area contributed by atoms with Crippen molar-refractivity contribution in [1.82, 2.24) is 0 Å². The summed E-state index contributed by atoms with van der Waals surface area (Å²) in [5, 5.41) is 11.3. The maximum Gasteiger partial charge on any atom is 0.264 e. The minimum atomic E-state index is -1.86. The van der Waals surface area contributed by atoms with Crippen LogP contribution < -0.4 is 9.64 Å². The van der Waals surface area contributed by atoms with Crippen LogP contribution in [0.4, 0.5) is 5.69 Å². The van der Waals surface area contributed by atoms with E-state index in [0.29, 0.717) is 35.8 Å². The first-order chi connectivity index (χ1) is 12.8. The van der Waals surface area contributed by atoms with Gasteiger partial charge in [-0.15, -0.1) is 0 Å². The number of benzene rings is 2. The molecule has 0 spiro atoms. The van der Waals surface area contributed by atoms with E-state index in [0.717, 1.165) is 11.3 Å². The SMILES string of the molecule is CC(=O)CC1(O)C(=O)N(CCCOc2ccc(C)cc2)c2ccc(Cl)cc21. The van der Waals surface area contributed by atoms with Crippen molar-refractivity contribution >= 4 is 29.0 Å². The Kier molecular flexibility index (Phi) is 5.53. The Morgan fingerprint density at radius 2 is 1.93 bits per heavy atom. The molecule has 27 heavy (non-hydrogen) atoms. The van der Waals surface area contributed by atoms with Gasteiger partial charge < -0.3 is 14.7 Å². The third kappa shape index (κ3) is 3.99. The van der Waals surface area contributed by atoms with E-state index in [1.807, 2.05) is 31.2 Å². The molecular formula is C21H22ClNO4.